The summed E-state index contributed by atoms with van der Waals surface area (Å²) < 4.78 is 6.85. The Bertz CT molecular complexity index is 642. The van der Waals surface area contributed by atoms with Crippen LogP contribution in [0.5, 0.6) is 0 Å². The Hall–Kier alpha value is -2.28. The predicted octanol–water partition coefficient (Wildman–Crippen LogP) is 1.73. The van der Waals surface area contributed by atoms with Crippen LogP contribution in [-0.2, 0) is 6.54 Å². The molecule has 0 bridgehead atoms. The third-order valence-electron chi connectivity index (χ3n) is 3.38. The maximum absolute atomic E-state index is 11.8. The van der Waals surface area contributed by atoms with Crippen molar-refractivity contribution in [3.05, 3.63) is 24.2 Å². The molecule has 112 valence electrons. The SMILES string of the molecule is Cc1occc1-c1cc(NC(=O)NC2CC2)n(CCO)n1. The van der Waals surface area contributed by atoms with Crippen molar-refractivity contribution in [3.63, 3.8) is 0 Å². The van der Waals surface area contributed by atoms with Crippen LogP contribution < -0.4 is 10.6 Å². The molecule has 21 heavy (non-hydrogen) atoms. The molecule has 1 aliphatic carbocycles. The number of aliphatic hydroxyl groups is 1. The second-order valence-electron chi connectivity index (χ2n) is 5.12. The second kappa shape index (κ2) is 5.61. The number of hydrogen-bond acceptors (Lipinski definition) is 4. The number of nitrogens with one attached hydrogen (secondary N) is 2. The van der Waals surface area contributed by atoms with Gasteiger partial charge in [-0.25, -0.2) is 9.48 Å². The molecule has 3 rings (SSSR count). The number of rotatable bonds is 5. The first-order valence-electron chi connectivity index (χ1n) is 6.98. The molecule has 1 aliphatic rings. The number of urea groups is 1. The largest absolute Gasteiger partial charge is 0.469 e. The van der Waals surface area contributed by atoms with Crippen molar-refractivity contribution in [3.8, 4) is 11.3 Å². The number of aliphatic hydroxyl groups excluding tert-OH is 1. The molecule has 0 saturated heterocycles. The van der Waals surface area contributed by atoms with Crippen LogP contribution in [0.4, 0.5) is 10.6 Å². The average molecular weight is 290 g/mol. The Kier molecular flexibility index (Phi) is 3.66. The highest BCUT2D eigenvalue weighted by atomic mass is 16.3. The van der Waals surface area contributed by atoms with Gasteiger partial charge in [0.2, 0.25) is 0 Å². The van der Waals surface area contributed by atoms with Crippen LogP contribution in [0.2, 0.25) is 0 Å². The normalized spacial score (nSPS) is 14.2. The van der Waals surface area contributed by atoms with E-state index in [1.165, 1.54) is 0 Å². The summed E-state index contributed by atoms with van der Waals surface area (Å²) in [5, 5.41) is 19.2. The molecule has 2 aromatic rings. The number of amides is 2. The van der Waals surface area contributed by atoms with Crippen molar-refractivity contribution in [1.29, 1.82) is 0 Å². The molecule has 1 fully saturated rings. The fourth-order valence-corrected chi connectivity index (χ4v) is 2.13. The van der Waals surface area contributed by atoms with E-state index in [0.29, 0.717) is 18.1 Å². The van der Waals surface area contributed by atoms with Gasteiger partial charge in [0, 0.05) is 17.7 Å². The molecule has 0 aromatic carbocycles. The van der Waals surface area contributed by atoms with Crippen LogP contribution in [0, 0.1) is 6.92 Å². The molecular weight excluding hydrogens is 272 g/mol. The topological polar surface area (TPSA) is 92.3 Å². The highest BCUT2D eigenvalue weighted by Crippen LogP contribution is 2.26. The zero-order valence-corrected chi connectivity index (χ0v) is 11.8. The van der Waals surface area contributed by atoms with E-state index in [2.05, 4.69) is 15.7 Å². The number of aromatic nitrogens is 2. The lowest BCUT2D eigenvalue weighted by Crippen LogP contribution is -2.31. The van der Waals surface area contributed by atoms with Crippen molar-refractivity contribution in [2.75, 3.05) is 11.9 Å². The van der Waals surface area contributed by atoms with Crippen molar-refractivity contribution in [1.82, 2.24) is 15.1 Å². The molecule has 3 N–H and O–H groups in total. The molecule has 2 aromatic heterocycles. The van der Waals surface area contributed by atoms with Crippen LogP contribution in [-0.4, -0.2) is 33.6 Å². The van der Waals surface area contributed by atoms with Crippen LogP contribution in [0.25, 0.3) is 11.3 Å². The smallest absolute Gasteiger partial charge is 0.320 e. The van der Waals surface area contributed by atoms with Gasteiger partial charge in [-0.2, -0.15) is 5.10 Å². The number of nitrogens with zero attached hydrogens (tertiary/aromatic N) is 2. The highest BCUT2D eigenvalue weighted by molar-refractivity contribution is 5.89. The van der Waals surface area contributed by atoms with Crippen LogP contribution in [0.3, 0.4) is 0 Å². The molecule has 0 atom stereocenters. The second-order valence-corrected chi connectivity index (χ2v) is 5.12. The third kappa shape index (κ3) is 3.08. The van der Waals surface area contributed by atoms with Gasteiger partial charge in [-0.1, -0.05) is 0 Å². The molecule has 0 unspecified atom stereocenters. The third-order valence-corrected chi connectivity index (χ3v) is 3.38. The molecule has 1 saturated carbocycles. The van der Waals surface area contributed by atoms with E-state index in [0.717, 1.165) is 24.2 Å². The molecule has 2 amide bonds. The predicted molar refractivity (Wildman–Crippen MR) is 76.9 cm³/mol. The fourth-order valence-electron chi connectivity index (χ4n) is 2.13. The minimum absolute atomic E-state index is 0.0512. The molecule has 0 spiro atoms. The van der Waals surface area contributed by atoms with Crippen molar-refractivity contribution in [2.24, 2.45) is 0 Å². The maximum Gasteiger partial charge on any atom is 0.320 e. The first-order chi connectivity index (χ1) is 10.2. The maximum atomic E-state index is 11.8. The minimum atomic E-state index is -0.243. The van der Waals surface area contributed by atoms with Crippen molar-refractivity contribution >= 4 is 11.8 Å². The number of carbonyl (C=O) groups is 1. The first kappa shape index (κ1) is 13.7. The first-order valence-corrected chi connectivity index (χ1v) is 6.98. The molecule has 0 aliphatic heterocycles. The van der Waals surface area contributed by atoms with E-state index in [4.69, 9.17) is 9.52 Å². The van der Waals surface area contributed by atoms with E-state index < -0.39 is 0 Å². The number of hydrogen-bond donors (Lipinski definition) is 3. The molecule has 2 heterocycles. The number of furan rings is 1. The summed E-state index contributed by atoms with van der Waals surface area (Å²) in [6.07, 6.45) is 3.66. The summed E-state index contributed by atoms with van der Waals surface area (Å²) in [5.41, 5.74) is 1.58. The van der Waals surface area contributed by atoms with Crippen molar-refractivity contribution < 1.29 is 14.3 Å². The minimum Gasteiger partial charge on any atom is -0.469 e. The zero-order valence-electron chi connectivity index (χ0n) is 11.8. The number of aryl methyl sites for hydroxylation is 1. The lowest BCUT2D eigenvalue weighted by Gasteiger charge is -2.08. The Morgan fingerprint density at radius 2 is 2.38 bits per heavy atom. The summed E-state index contributed by atoms with van der Waals surface area (Å²) >= 11 is 0. The Morgan fingerprint density at radius 3 is 3.00 bits per heavy atom. The summed E-state index contributed by atoms with van der Waals surface area (Å²) in [7, 11) is 0. The van der Waals surface area contributed by atoms with Gasteiger partial charge in [0.25, 0.3) is 0 Å². The Morgan fingerprint density at radius 1 is 1.57 bits per heavy atom. The molecular formula is C14H18N4O3. The summed E-state index contributed by atoms with van der Waals surface area (Å²) in [4.78, 5) is 11.8. The summed E-state index contributed by atoms with van der Waals surface area (Å²) in [5.74, 6) is 1.32. The average Bonchev–Trinajstić information content (AvgIpc) is 3.01. The van der Waals surface area contributed by atoms with Gasteiger partial charge < -0.3 is 14.8 Å². The van der Waals surface area contributed by atoms with Gasteiger partial charge in [-0.15, -0.1) is 0 Å². The summed E-state index contributed by atoms with van der Waals surface area (Å²) in [6, 6.07) is 3.65. The van der Waals surface area contributed by atoms with Crippen molar-refractivity contribution in [2.45, 2.75) is 32.4 Å². The van der Waals surface area contributed by atoms with Gasteiger partial charge >= 0.3 is 6.03 Å². The Balaban J connectivity index is 1.82. The van der Waals surface area contributed by atoms with E-state index in [9.17, 15) is 4.79 Å². The van der Waals surface area contributed by atoms with E-state index >= 15 is 0 Å². The zero-order chi connectivity index (χ0) is 14.8. The number of anilines is 1. The highest BCUT2D eigenvalue weighted by Gasteiger charge is 2.24. The van der Waals surface area contributed by atoms with E-state index in [1.807, 2.05) is 13.0 Å². The molecule has 7 nitrogen and oxygen atoms in total. The van der Waals surface area contributed by atoms with Gasteiger partial charge in [-0.3, -0.25) is 5.32 Å². The van der Waals surface area contributed by atoms with Gasteiger partial charge in [0.1, 0.15) is 11.6 Å². The van der Waals surface area contributed by atoms with E-state index in [-0.39, 0.29) is 18.7 Å². The monoisotopic (exact) mass is 290 g/mol. The van der Waals surface area contributed by atoms with E-state index in [1.54, 1.807) is 17.0 Å². The van der Waals surface area contributed by atoms with Crippen LogP contribution in [0.1, 0.15) is 18.6 Å². The molecule has 0 radical (unpaired) electrons. The van der Waals surface area contributed by atoms with Crippen LogP contribution in [0.15, 0.2) is 22.8 Å². The summed E-state index contributed by atoms with van der Waals surface area (Å²) in [6.45, 7) is 2.12. The fraction of sp³-hybridized carbons (Fsp3) is 0.429. The van der Waals surface area contributed by atoms with Crippen LogP contribution >= 0.6 is 0 Å². The quantitative estimate of drug-likeness (QED) is 0.782. The lowest BCUT2D eigenvalue weighted by molar-refractivity contribution is 0.250. The Labute approximate surface area is 121 Å². The lowest BCUT2D eigenvalue weighted by atomic mass is 10.2. The standard InChI is InChI=1S/C14H18N4O3/c1-9-11(4-7-21-9)12-8-13(18(17-12)5-6-19)16-14(20)15-10-2-3-10/h4,7-8,10,19H,2-3,5-6H2,1H3,(H2,15,16,20). The molecule has 7 heteroatoms. The van der Waals surface area contributed by atoms with Gasteiger partial charge in [-0.05, 0) is 25.8 Å². The van der Waals surface area contributed by atoms with Gasteiger partial charge in [0.05, 0.1) is 25.1 Å². The number of carbonyl (C=O) groups excluding carboxylic acids is 1. The van der Waals surface area contributed by atoms with Gasteiger partial charge in [0.15, 0.2) is 0 Å².